The molecule has 0 aromatic heterocycles. The molecule has 1 heterocycles. The molecular weight excluding hydrogens is 386 g/mol. The first kappa shape index (κ1) is 20.3. The number of nitrogens with zero attached hydrogens (tertiary/aromatic N) is 1. The van der Waals surface area contributed by atoms with Crippen LogP contribution in [-0.2, 0) is 5.41 Å². The Hall–Kier alpha value is -3.58. The van der Waals surface area contributed by atoms with Crippen LogP contribution in [0.2, 0.25) is 0 Å². The molecule has 1 atom stereocenters. The van der Waals surface area contributed by atoms with E-state index in [1.54, 1.807) is 0 Å². The van der Waals surface area contributed by atoms with Gasteiger partial charge < -0.3 is 4.90 Å². The van der Waals surface area contributed by atoms with E-state index in [1.807, 2.05) is 0 Å². The van der Waals surface area contributed by atoms with Crippen molar-refractivity contribution in [3.63, 3.8) is 0 Å². The topological polar surface area (TPSA) is 3.24 Å². The molecule has 0 amide bonds. The summed E-state index contributed by atoms with van der Waals surface area (Å²) >= 11 is 0. The molecule has 1 aliphatic heterocycles. The number of rotatable bonds is 6. The molecule has 0 bridgehead atoms. The van der Waals surface area contributed by atoms with Crippen molar-refractivity contribution in [2.45, 2.75) is 24.3 Å². The first-order chi connectivity index (χ1) is 15.9. The lowest BCUT2D eigenvalue weighted by Gasteiger charge is -2.44. The van der Waals surface area contributed by atoms with Crippen LogP contribution < -0.4 is 0 Å². The van der Waals surface area contributed by atoms with Gasteiger partial charge in [-0.25, -0.2) is 0 Å². The average Bonchev–Trinajstić information content (AvgIpc) is 3.35. The Kier molecular flexibility index (Phi) is 5.89. The van der Waals surface area contributed by atoms with Gasteiger partial charge >= 0.3 is 0 Å². The van der Waals surface area contributed by atoms with Gasteiger partial charge in [0, 0.05) is 12.6 Å². The van der Waals surface area contributed by atoms with Crippen molar-refractivity contribution in [1.29, 1.82) is 0 Å². The number of likely N-dealkylation sites (tertiary alicyclic amines) is 1. The summed E-state index contributed by atoms with van der Waals surface area (Å²) in [6.07, 6.45) is 6.91. The first-order valence-corrected chi connectivity index (χ1v) is 11.5. The Morgan fingerprint density at radius 3 is 1.50 bits per heavy atom. The molecule has 1 aliphatic rings. The smallest absolute Gasteiger partial charge is 0.0654 e. The third-order valence-electron chi connectivity index (χ3n) is 6.74. The summed E-state index contributed by atoms with van der Waals surface area (Å²) in [6.45, 7) is 1.07. The molecule has 0 saturated carbocycles. The van der Waals surface area contributed by atoms with E-state index < -0.39 is 0 Å². The van der Waals surface area contributed by atoms with Gasteiger partial charge in [-0.1, -0.05) is 121 Å². The fourth-order valence-corrected chi connectivity index (χ4v) is 5.36. The molecule has 0 unspecified atom stereocenters. The predicted molar refractivity (Wildman–Crippen MR) is 134 cm³/mol. The predicted octanol–water partition coefficient (Wildman–Crippen LogP) is 7.16. The SMILES string of the molecule is C(=C\N1CCC[C@H]1C(c1ccccc1)(c1ccccc1)c1ccccc1)/c1ccccc1. The fourth-order valence-electron chi connectivity index (χ4n) is 5.36. The van der Waals surface area contributed by atoms with Crippen LogP contribution in [0.5, 0.6) is 0 Å². The molecule has 0 radical (unpaired) electrons. The van der Waals surface area contributed by atoms with Crippen LogP contribution >= 0.6 is 0 Å². The summed E-state index contributed by atoms with van der Waals surface area (Å²) < 4.78 is 0. The largest absolute Gasteiger partial charge is 0.373 e. The van der Waals surface area contributed by atoms with E-state index in [2.05, 4.69) is 139 Å². The molecule has 0 aliphatic carbocycles. The molecule has 5 rings (SSSR count). The minimum absolute atomic E-state index is 0.249. The summed E-state index contributed by atoms with van der Waals surface area (Å²) in [6, 6.07) is 44.2. The lowest BCUT2D eigenvalue weighted by atomic mass is 9.64. The summed E-state index contributed by atoms with van der Waals surface area (Å²) in [5.74, 6) is 0. The number of benzene rings is 4. The van der Waals surface area contributed by atoms with Gasteiger partial charge in [-0.3, -0.25) is 0 Å². The molecule has 1 heteroatoms. The van der Waals surface area contributed by atoms with Crippen LogP contribution in [0.1, 0.15) is 35.1 Å². The van der Waals surface area contributed by atoms with E-state index in [1.165, 1.54) is 28.7 Å². The summed E-state index contributed by atoms with van der Waals surface area (Å²) in [4.78, 5) is 2.57. The van der Waals surface area contributed by atoms with Crippen molar-refractivity contribution in [1.82, 2.24) is 4.90 Å². The highest BCUT2D eigenvalue weighted by Crippen LogP contribution is 2.47. The van der Waals surface area contributed by atoms with Gasteiger partial charge in [0.05, 0.1) is 5.41 Å². The lowest BCUT2D eigenvalue weighted by molar-refractivity contribution is 0.274. The number of hydrogen-bond acceptors (Lipinski definition) is 1. The number of hydrogen-bond donors (Lipinski definition) is 0. The molecule has 0 N–H and O–H groups in total. The van der Waals surface area contributed by atoms with E-state index in [4.69, 9.17) is 0 Å². The van der Waals surface area contributed by atoms with Crippen LogP contribution in [0.15, 0.2) is 128 Å². The highest BCUT2D eigenvalue weighted by atomic mass is 15.2. The van der Waals surface area contributed by atoms with Crippen molar-refractivity contribution in [3.05, 3.63) is 150 Å². The molecule has 1 fully saturated rings. The normalized spacial score (nSPS) is 16.5. The zero-order valence-corrected chi connectivity index (χ0v) is 18.3. The molecule has 0 spiro atoms. The molecule has 1 nitrogen and oxygen atoms in total. The summed E-state index contributed by atoms with van der Waals surface area (Å²) in [5, 5.41) is 0. The third kappa shape index (κ3) is 3.76. The minimum Gasteiger partial charge on any atom is -0.373 e. The van der Waals surface area contributed by atoms with Crippen LogP contribution in [-0.4, -0.2) is 17.5 Å². The van der Waals surface area contributed by atoms with E-state index in [-0.39, 0.29) is 5.41 Å². The maximum Gasteiger partial charge on any atom is 0.0654 e. The van der Waals surface area contributed by atoms with Gasteiger partial charge in [0.1, 0.15) is 0 Å². The molecule has 4 aromatic rings. The van der Waals surface area contributed by atoms with E-state index in [0.29, 0.717) is 6.04 Å². The van der Waals surface area contributed by atoms with Gasteiger partial charge in [0.25, 0.3) is 0 Å². The Morgan fingerprint density at radius 1 is 0.594 bits per heavy atom. The molecular formula is C31H29N. The average molecular weight is 416 g/mol. The molecule has 1 saturated heterocycles. The second kappa shape index (κ2) is 9.28. The molecule has 4 aromatic carbocycles. The van der Waals surface area contributed by atoms with Gasteiger partial charge in [-0.2, -0.15) is 0 Å². The van der Waals surface area contributed by atoms with E-state index in [0.717, 1.165) is 13.0 Å². The van der Waals surface area contributed by atoms with Crippen molar-refractivity contribution in [3.8, 4) is 0 Å². The lowest BCUT2D eigenvalue weighted by Crippen LogP contribution is -2.47. The van der Waals surface area contributed by atoms with E-state index >= 15 is 0 Å². The summed E-state index contributed by atoms with van der Waals surface area (Å²) in [7, 11) is 0. The van der Waals surface area contributed by atoms with Crippen LogP contribution in [0, 0.1) is 0 Å². The van der Waals surface area contributed by atoms with Crippen molar-refractivity contribution in [2.75, 3.05) is 6.54 Å². The Morgan fingerprint density at radius 2 is 1.03 bits per heavy atom. The molecule has 158 valence electrons. The summed E-state index contributed by atoms with van der Waals surface area (Å²) in [5.41, 5.74) is 5.04. The quantitative estimate of drug-likeness (QED) is 0.302. The minimum atomic E-state index is -0.249. The van der Waals surface area contributed by atoms with Crippen molar-refractivity contribution >= 4 is 6.08 Å². The Labute approximate surface area is 191 Å². The zero-order valence-electron chi connectivity index (χ0n) is 18.3. The Balaban J connectivity index is 1.70. The monoisotopic (exact) mass is 415 g/mol. The maximum atomic E-state index is 2.57. The third-order valence-corrected chi connectivity index (χ3v) is 6.74. The first-order valence-electron chi connectivity index (χ1n) is 11.5. The van der Waals surface area contributed by atoms with Crippen molar-refractivity contribution < 1.29 is 0 Å². The van der Waals surface area contributed by atoms with Crippen LogP contribution in [0.4, 0.5) is 0 Å². The second-order valence-corrected chi connectivity index (χ2v) is 8.53. The second-order valence-electron chi connectivity index (χ2n) is 8.53. The highest BCUT2D eigenvalue weighted by molar-refractivity contribution is 5.54. The van der Waals surface area contributed by atoms with Crippen molar-refractivity contribution in [2.24, 2.45) is 0 Å². The standard InChI is InChI=1S/C31H29N/c1-5-14-26(15-6-1)23-25-32-24-13-22-30(32)31(27-16-7-2-8-17-27,28-18-9-3-10-19-28)29-20-11-4-12-21-29/h1-12,14-21,23,25,30H,13,22,24H2/b25-23+/t30-/m0/s1. The van der Waals surface area contributed by atoms with Gasteiger partial charge in [0.2, 0.25) is 0 Å². The van der Waals surface area contributed by atoms with Gasteiger partial charge in [-0.15, -0.1) is 0 Å². The van der Waals surface area contributed by atoms with Crippen LogP contribution in [0.25, 0.3) is 6.08 Å². The highest BCUT2D eigenvalue weighted by Gasteiger charge is 2.47. The Bertz CT molecular complexity index is 1040. The zero-order chi connectivity index (χ0) is 21.6. The maximum absolute atomic E-state index is 2.57. The molecule has 32 heavy (non-hydrogen) atoms. The fraction of sp³-hybridized carbons (Fsp3) is 0.161. The van der Waals surface area contributed by atoms with E-state index in [9.17, 15) is 0 Å². The van der Waals surface area contributed by atoms with Gasteiger partial charge in [-0.05, 0) is 47.4 Å². The van der Waals surface area contributed by atoms with Gasteiger partial charge in [0.15, 0.2) is 0 Å². The van der Waals surface area contributed by atoms with Crippen LogP contribution in [0.3, 0.4) is 0 Å².